The van der Waals surface area contributed by atoms with Gasteiger partial charge in [0.05, 0.1) is 23.6 Å². The summed E-state index contributed by atoms with van der Waals surface area (Å²) in [6, 6.07) is 8.88. The molecule has 3 aromatic rings. The molecule has 0 saturated carbocycles. The van der Waals surface area contributed by atoms with E-state index in [1.54, 1.807) is 6.07 Å². The summed E-state index contributed by atoms with van der Waals surface area (Å²) in [5.74, 6) is 0.111. The van der Waals surface area contributed by atoms with Gasteiger partial charge in [-0.25, -0.2) is 21.1 Å². The van der Waals surface area contributed by atoms with Gasteiger partial charge in [0, 0.05) is 61.3 Å². The largest absolute Gasteiger partial charge is 0.491 e. The minimum Gasteiger partial charge on any atom is -0.491 e. The van der Waals surface area contributed by atoms with Crippen LogP contribution in [0.15, 0.2) is 40.2 Å². The maximum absolute atomic E-state index is 14.0. The predicted octanol–water partition coefficient (Wildman–Crippen LogP) is 2.60. The van der Waals surface area contributed by atoms with Crippen molar-refractivity contribution in [2.24, 2.45) is 4.99 Å². The highest BCUT2D eigenvalue weighted by molar-refractivity contribution is 7.91. The summed E-state index contributed by atoms with van der Waals surface area (Å²) in [5, 5.41) is 0.771. The number of sulfone groups is 1. The first-order chi connectivity index (χ1) is 18.8. The normalized spacial score (nSPS) is 18.5. The van der Waals surface area contributed by atoms with Gasteiger partial charge in [0.25, 0.3) is 0 Å². The van der Waals surface area contributed by atoms with E-state index in [0.29, 0.717) is 42.9 Å². The van der Waals surface area contributed by atoms with Crippen molar-refractivity contribution in [2.75, 3.05) is 51.8 Å². The molecule has 0 atom stereocenters. The lowest BCUT2D eigenvalue weighted by molar-refractivity contribution is 0.103. The van der Waals surface area contributed by atoms with Crippen molar-refractivity contribution in [3.05, 3.63) is 58.3 Å². The number of nitrogens with zero attached hydrogens (tertiary/aromatic N) is 3. The lowest BCUT2D eigenvalue weighted by Crippen LogP contribution is -2.42. The smallest absolute Gasteiger partial charge is 0.246 e. The molecule has 1 aromatic heterocycles. The Hall–Kier alpha value is -3.06. The molecule has 1 aliphatic carbocycles. The highest BCUT2D eigenvalue weighted by atomic mass is 32.2. The first-order valence-electron chi connectivity index (χ1n) is 13.0. The molecule has 2 aromatic carbocycles. The Morgan fingerprint density at radius 2 is 1.85 bits per heavy atom. The SMILES string of the molecule is C=NCc1ccc2c3c([nH]c2c1)C(C)(C)c1cc(OCCN2CCS(=O)(=O)CC2)c(S(=O)(=O)N(C)C)cc1C3=O. The second-order valence-electron chi connectivity index (χ2n) is 11.1. The summed E-state index contributed by atoms with van der Waals surface area (Å²) in [7, 11) is -4.09. The molecule has 5 rings (SSSR count). The number of ether oxygens (including phenoxy) is 1. The summed E-state index contributed by atoms with van der Waals surface area (Å²) in [6.07, 6.45) is 0. The van der Waals surface area contributed by atoms with Crippen LogP contribution in [0.25, 0.3) is 10.9 Å². The number of aliphatic imine (C=N–C) groups is 1. The van der Waals surface area contributed by atoms with Crippen LogP contribution in [-0.4, -0.2) is 95.4 Å². The highest BCUT2D eigenvalue weighted by Crippen LogP contribution is 2.46. The van der Waals surface area contributed by atoms with E-state index >= 15 is 0 Å². The molecule has 0 amide bonds. The monoisotopic (exact) mass is 586 g/mol. The van der Waals surface area contributed by atoms with Crippen molar-refractivity contribution in [1.82, 2.24) is 14.2 Å². The van der Waals surface area contributed by atoms with Crippen molar-refractivity contribution < 1.29 is 26.4 Å². The van der Waals surface area contributed by atoms with Crippen molar-refractivity contribution in [3.63, 3.8) is 0 Å². The first-order valence-corrected chi connectivity index (χ1v) is 16.3. The number of rotatable bonds is 8. The topological polar surface area (TPSA) is 129 Å². The molecule has 1 aliphatic heterocycles. The fourth-order valence-electron chi connectivity index (χ4n) is 5.48. The molecule has 0 radical (unpaired) electrons. The van der Waals surface area contributed by atoms with E-state index in [-0.39, 0.29) is 34.5 Å². The van der Waals surface area contributed by atoms with E-state index in [4.69, 9.17) is 4.74 Å². The number of aromatic nitrogens is 1. The Kier molecular flexibility index (Phi) is 7.18. The predicted molar refractivity (Wildman–Crippen MR) is 155 cm³/mol. The van der Waals surface area contributed by atoms with E-state index in [1.165, 1.54) is 20.2 Å². The van der Waals surface area contributed by atoms with Gasteiger partial charge in [0.1, 0.15) is 17.3 Å². The Morgan fingerprint density at radius 3 is 2.50 bits per heavy atom. The molecule has 214 valence electrons. The average molecular weight is 587 g/mol. The van der Waals surface area contributed by atoms with Gasteiger partial charge in [-0.3, -0.25) is 14.7 Å². The summed E-state index contributed by atoms with van der Waals surface area (Å²) in [5.41, 5.74) is 3.39. The molecular weight excluding hydrogens is 552 g/mol. The van der Waals surface area contributed by atoms with E-state index in [1.807, 2.05) is 36.9 Å². The Bertz CT molecular complexity index is 1730. The lowest BCUT2D eigenvalue weighted by atomic mass is 9.71. The summed E-state index contributed by atoms with van der Waals surface area (Å²) in [4.78, 5) is 23.3. The average Bonchev–Trinajstić information content (AvgIpc) is 3.28. The molecule has 1 saturated heterocycles. The quantitative estimate of drug-likeness (QED) is 0.402. The third kappa shape index (κ3) is 4.87. The van der Waals surface area contributed by atoms with Gasteiger partial charge < -0.3 is 9.72 Å². The van der Waals surface area contributed by atoms with Crippen LogP contribution in [0.3, 0.4) is 0 Å². The molecule has 40 heavy (non-hydrogen) atoms. The number of benzene rings is 2. The second-order valence-corrected chi connectivity index (χ2v) is 15.5. The van der Waals surface area contributed by atoms with Crippen LogP contribution >= 0.6 is 0 Å². The number of hydrogen-bond acceptors (Lipinski definition) is 8. The number of carbonyl (C=O) groups is 1. The molecule has 12 heteroatoms. The van der Waals surface area contributed by atoms with Gasteiger partial charge in [0.15, 0.2) is 15.6 Å². The van der Waals surface area contributed by atoms with E-state index in [9.17, 15) is 21.6 Å². The first kappa shape index (κ1) is 28.5. The van der Waals surface area contributed by atoms with Crippen molar-refractivity contribution in [2.45, 2.75) is 30.7 Å². The molecule has 1 fully saturated rings. The fourth-order valence-corrected chi connectivity index (χ4v) is 7.79. The minimum absolute atomic E-state index is 0.0794. The number of aromatic amines is 1. The summed E-state index contributed by atoms with van der Waals surface area (Å²) in [6.45, 7) is 9.45. The van der Waals surface area contributed by atoms with E-state index in [2.05, 4.69) is 16.7 Å². The molecule has 2 heterocycles. The molecule has 10 nitrogen and oxygen atoms in total. The van der Waals surface area contributed by atoms with Gasteiger partial charge in [-0.15, -0.1) is 0 Å². The molecular formula is C28H34N4O6S2. The van der Waals surface area contributed by atoms with Gasteiger partial charge in [-0.05, 0) is 36.0 Å². The summed E-state index contributed by atoms with van der Waals surface area (Å²) >= 11 is 0. The maximum Gasteiger partial charge on any atom is 0.246 e. The lowest BCUT2D eigenvalue weighted by Gasteiger charge is -2.33. The molecule has 2 aliphatic rings. The minimum atomic E-state index is -3.95. The van der Waals surface area contributed by atoms with Crippen molar-refractivity contribution in [3.8, 4) is 5.75 Å². The number of carbonyl (C=O) groups excluding carboxylic acids is 1. The third-order valence-corrected chi connectivity index (χ3v) is 11.3. The van der Waals surface area contributed by atoms with E-state index in [0.717, 1.165) is 26.5 Å². The number of sulfonamides is 1. The Labute approximate surface area is 235 Å². The third-order valence-electron chi connectivity index (χ3n) is 7.87. The van der Waals surface area contributed by atoms with Crippen molar-refractivity contribution >= 4 is 43.3 Å². The molecule has 1 N–H and O–H groups in total. The maximum atomic E-state index is 14.0. The zero-order valence-electron chi connectivity index (χ0n) is 23.2. The van der Waals surface area contributed by atoms with Gasteiger partial charge in [0.2, 0.25) is 10.0 Å². The van der Waals surface area contributed by atoms with Crippen LogP contribution in [0.1, 0.15) is 46.6 Å². The van der Waals surface area contributed by atoms with Gasteiger partial charge in [-0.2, -0.15) is 0 Å². The number of ketones is 1. The van der Waals surface area contributed by atoms with Gasteiger partial charge >= 0.3 is 0 Å². The van der Waals surface area contributed by atoms with Crippen LogP contribution < -0.4 is 4.74 Å². The van der Waals surface area contributed by atoms with Gasteiger partial charge in [-0.1, -0.05) is 26.0 Å². The second kappa shape index (κ2) is 10.1. The number of hydrogen-bond donors (Lipinski definition) is 1. The standard InChI is InChI=1S/C28H34N4O6S2/c1-28(2)21-16-23(38-11-8-32-9-12-39(34,35)13-10-32)24(40(36,37)31(4)5)15-20(21)26(33)25-19-7-6-18(17-29-3)14-22(19)30-27(25)28/h6-7,14-16,30H,3,8-13,17H2,1-2,4-5H3. The number of fused-ring (bicyclic) bond motifs is 4. The van der Waals surface area contributed by atoms with Crippen LogP contribution in [0.4, 0.5) is 0 Å². The fraction of sp³-hybridized carbons (Fsp3) is 0.429. The van der Waals surface area contributed by atoms with Crippen LogP contribution in [0.5, 0.6) is 5.75 Å². The zero-order valence-corrected chi connectivity index (χ0v) is 24.8. The Morgan fingerprint density at radius 1 is 1.15 bits per heavy atom. The summed E-state index contributed by atoms with van der Waals surface area (Å²) < 4.78 is 57.5. The van der Waals surface area contributed by atoms with E-state index < -0.39 is 25.3 Å². The van der Waals surface area contributed by atoms with Crippen LogP contribution in [0, 0.1) is 0 Å². The van der Waals surface area contributed by atoms with Crippen LogP contribution in [-0.2, 0) is 31.8 Å². The number of H-pyrrole nitrogens is 1. The van der Waals surface area contributed by atoms with Crippen molar-refractivity contribution in [1.29, 1.82) is 0 Å². The number of nitrogens with one attached hydrogen (secondary N) is 1. The zero-order chi connectivity index (χ0) is 29.0. The highest BCUT2D eigenvalue weighted by Gasteiger charge is 2.41. The Balaban J connectivity index is 1.56. The molecule has 0 bridgehead atoms. The molecule has 0 spiro atoms. The molecule has 0 unspecified atom stereocenters. The van der Waals surface area contributed by atoms with Crippen LogP contribution in [0.2, 0.25) is 0 Å².